The molecule has 3 rings (SSSR count). The Bertz CT molecular complexity index is 981. The number of amides is 1. The molecule has 0 radical (unpaired) electrons. The molecule has 8 heteroatoms. The summed E-state index contributed by atoms with van der Waals surface area (Å²) in [6.07, 6.45) is 1.59. The molecule has 0 bridgehead atoms. The summed E-state index contributed by atoms with van der Waals surface area (Å²) in [5.41, 5.74) is 14.5. The molecule has 0 spiro atoms. The van der Waals surface area contributed by atoms with Gasteiger partial charge in [-0.15, -0.1) is 0 Å². The van der Waals surface area contributed by atoms with Crippen molar-refractivity contribution in [3.63, 3.8) is 0 Å². The van der Waals surface area contributed by atoms with Crippen molar-refractivity contribution < 1.29 is 9.72 Å². The lowest BCUT2D eigenvalue weighted by Gasteiger charge is -2.11. The number of nitrogens with two attached hydrogens (primary N) is 2. The number of nitrogens with zero attached hydrogens (tertiary/aromatic N) is 1. The first kappa shape index (κ1) is 19.5. The molecule has 1 amide bonds. The van der Waals surface area contributed by atoms with Gasteiger partial charge in [-0.05, 0) is 54.8 Å². The van der Waals surface area contributed by atoms with Gasteiger partial charge in [0.2, 0.25) is 0 Å². The number of benzene rings is 2. The standard InChI is InChI=1S/C20H23N5O3/c21-9-1-2-16(22)12-23-20(26)19-11-15-4-3-14(10-18(15)24-19)13-5-7-17(8-6-13)25(27)28/h3-8,10-11,16,24H,1-2,9,12,21-22H2,(H,23,26). The van der Waals surface area contributed by atoms with Crippen molar-refractivity contribution in [2.24, 2.45) is 11.5 Å². The van der Waals surface area contributed by atoms with Crippen LogP contribution in [0.15, 0.2) is 48.5 Å². The van der Waals surface area contributed by atoms with Crippen LogP contribution in [0.1, 0.15) is 23.3 Å². The fourth-order valence-electron chi connectivity index (χ4n) is 3.01. The fraction of sp³-hybridized carbons (Fsp3) is 0.250. The summed E-state index contributed by atoms with van der Waals surface area (Å²) in [7, 11) is 0. The highest BCUT2D eigenvalue weighted by molar-refractivity contribution is 5.98. The third-order valence-corrected chi connectivity index (χ3v) is 4.58. The summed E-state index contributed by atoms with van der Waals surface area (Å²) in [4.78, 5) is 25.8. The molecule has 1 atom stereocenters. The van der Waals surface area contributed by atoms with Crippen molar-refractivity contribution in [1.29, 1.82) is 0 Å². The summed E-state index contributed by atoms with van der Waals surface area (Å²) < 4.78 is 0. The minimum Gasteiger partial charge on any atom is -0.351 e. The van der Waals surface area contributed by atoms with Gasteiger partial charge >= 0.3 is 0 Å². The number of nitro benzene ring substituents is 1. The average Bonchev–Trinajstić information content (AvgIpc) is 3.14. The van der Waals surface area contributed by atoms with Crippen LogP contribution in [-0.4, -0.2) is 34.9 Å². The van der Waals surface area contributed by atoms with E-state index in [0.717, 1.165) is 34.9 Å². The average molecular weight is 381 g/mol. The van der Waals surface area contributed by atoms with E-state index in [1.54, 1.807) is 18.2 Å². The maximum absolute atomic E-state index is 12.4. The Balaban J connectivity index is 1.73. The minimum atomic E-state index is -0.426. The lowest BCUT2D eigenvalue weighted by Crippen LogP contribution is -2.37. The van der Waals surface area contributed by atoms with Crippen LogP contribution in [0.2, 0.25) is 0 Å². The molecule has 3 aromatic rings. The Morgan fingerprint density at radius 2 is 1.86 bits per heavy atom. The summed E-state index contributed by atoms with van der Waals surface area (Å²) in [6.45, 7) is 0.975. The van der Waals surface area contributed by atoms with Gasteiger partial charge in [-0.2, -0.15) is 0 Å². The summed E-state index contributed by atoms with van der Waals surface area (Å²) >= 11 is 0. The molecular weight excluding hydrogens is 358 g/mol. The number of carbonyl (C=O) groups is 1. The highest BCUT2D eigenvalue weighted by atomic mass is 16.6. The summed E-state index contributed by atoms with van der Waals surface area (Å²) in [5, 5.41) is 14.5. The van der Waals surface area contributed by atoms with E-state index in [0.29, 0.717) is 18.8 Å². The number of hydrogen-bond donors (Lipinski definition) is 4. The Labute approximate surface area is 162 Å². The Morgan fingerprint density at radius 3 is 2.54 bits per heavy atom. The largest absolute Gasteiger partial charge is 0.351 e. The Hall–Kier alpha value is -3.23. The zero-order chi connectivity index (χ0) is 20.1. The van der Waals surface area contributed by atoms with Gasteiger partial charge in [0.15, 0.2) is 0 Å². The van der Waals surface area contributed by atoms with Gasteiger partial charge in [0.1, 0.15) is 5.69 Å². The van der Waals surface area contributed by atoms with Crippen LogP contribution in [0.3, 0.4) is 0 Å². The predicted octanol–water partition coefficient (Wildman–Crippen LogP) is 2.54. The normalized spacial score (nSPS) is 12.1. The van der Waals surface area contributed by atoms with Gasteiger partial charge in [-0.25, -0.2) is 0 Å². The van der Waals surface area contributed by atoms with E-state index in [9.17, 15) is 14.9 Å². The van der Waals surface area contributed by atoms with E-state index >= 15 is 0 Å². The number of fused-ring (bicyclic) bond motifs is 1. The van der Waals surface area contributed by atoms with Crippen LogP contribution >= 0.6 is 0 Å². The highest BCUT2D eigenvalue weighted by Crippen LogP contribution is 2.26. The second-order valence-corrected chi connectivity index (χ2v) is 6.69. The quantitative estimate of drug-likeness (QED) is 0.351. The molecule has 1 aromatic heterocycles. The molecule has 8 nitrogen and oxygen atoms in total. The number of nitro groups is 1. The van der Waals surface area contributed by atoms with Crippen LogP contribution in [0.25, 0.3) is 22.0 Å². The van der Waals surface area contributed by atoms with Gasteiger partial charge in [-0.3, -0.25) is 14.9 Å². The lowest BCUT2D eigenvalue weighted by molar-refractivity contribution is -0.384. The van der Waals surface area contributed by atoms with Crippen molar-refractivity contribution in [3.05, 3.63) is 64.3 Å². The van der Waals surface area contributed by atoms with Crippen LogP contribution in [0, 0.1) is 10.1 Å². The van der Waals surface area contributed by atoms with Gasteiger partial charge < -0.3 is 21.8 Å². The molecule has 6 N–H and O–H groups in total. The second kappa shape index (κ2) is 8.64. The molecule has 1 unspecified atom stereocenters. The number of H-pyrrole nitrogens is 1. The number of nitrogens with one attached hydrogen (secondary N) is 2. The molecule has 0 saturated carbocycles. The number of carbonyl (C=O) groups excluding carboxylic acids is 1. The maximum Gasteiger partial charge on any atom is 0.269 e. The Kier molecular flexibility index (Phi) is 6.03. The number of rotatable bonds is 8. The van der Waals surface area contributed by atoms with Crippen molar-refractivity contribution >= 4 is 22.5 Å². The molecule has 2 aromatic carbocycles. The van der Waals surface area contributed by atoms with E-state index in [-0.39, 0.29) is 17.6 Å². The van der Waals surface area contributed by atoms with Crippen LogP contribution in [-0.2, 0) is 0 Å². The van der Waals surface area contributed by atoms with Crippen LogP contribution < -0.4 is 16.8 Å². The molecule has 0 aliphatic carbocycles. The van der Waals surface area contributed by atoms with E-state index in [1.165, 1.54) is 12.1 Å². The van der Waals surface area contributed by atoms with Gasteiger partial charge in [-0.1, -0.05) is 12.1 Å². The molecule has 0 fully saturated rings. The first-order valence-corrected chi connectivity index (χ1v) is 9.09. The Morgan fingerprint density at radius 1 is 1.14 bits per heavy atom. The fourth-order valence-corrected chi connectivity index (χ4v) is 3.01. The summed E-state index contributed by atoms with van der Waals surface area (Å²) in [6, 6.07) is 13.8. The predicted molar refractivity (Wildman–Crippen MR) is 109 cm³/mol. The number of aromatic amines is 1. The van der Waals surface area contributed by atoms with Crippen LogP contribution in [0.4, 0.5) is 5.69 Å². The van der Waals surface area contributed by atoms with Crippen LogP contribution in [0.5, 0.6) is 0 Å². The molecule has 0 saturated heterocycles. The van der Waals surface area contributed by atoms with E-state index < -0.39 is 4.92 Å². The van der Waals surface area contributed by atoms with Gasteiger partial charge in [0, 0.05) is 35.6 Å². The minimum absolute atomic E-state index is 0.0494. The zero-order valence-electron chi connectivity index (χ0n) is 15.4. The maximum atomic E-state index is 12.4. The zero-order valence-corrected chi connectivity index (χ0v) is 15.4. The SMILES string of the molecule is NCCCC(N)CNC(=O)c1cc2ccc(-c3ccc([N+](=O)[O-])cc3)cc2[nH]1. The number of non-ortho nitro benzene ring substituents is 1. The number of aromatic nitrogens is 1. The van der Waals surface area contributed by atoms with Gasteiger partial charge in [0.25, 0.3) is 11.6 Å². The molecule has 28 heavy (non-hydrogen) atoms. The highest BCUT2D eigenvalue weighted by Gasteiger charge is 2.12. The third kappa shape index (κ3) is 4.54. The van der Waals surface area contributed by atoms with Crippen molar-refractivity contribution in [2.75, 3.05) is 13.1 Å². The smallest absolute Gasteiger partial charge is 0.269 e. The monoisotopic (exact) mass is 381 g/mol. The molecule has 1 heterocycles. The topological polar surface area (TPSA) is 140 Å². The van der Waals surface area contributed by atoms with E-state index in [4.69, 9.17) is 11.5 Å². The summed E-state index contributed by atoms with van der Waals surface area (Å²) in [5.74, 6) is -0.212. The molecular formula is C20H23N5O3. The number of hydrogen-bond acceptors (Lipinski definition) is 5. The first-order valence-electron chi connectivity index (χ1n) is 9.09. The van der Waals surface area contributed by atoms with Gasteiger partial charge in [0.05, 0.1) is 4.92 Å². The lowest BCUT2D eigenvalue weighted by atomic mass is 10.0. The molecule has 0 aliphatic rings. The van der Waals surface area contributed by atoms with E-state index in [2.05, 4.69) is 10.3 Å². The molecule has 0 aliphatic heterocycles. The van der Waals surface area contributed by atoms with Crippen molar-refractivity contribution in [2.45, 2.75) is 18.9 Å². The third-order valence-electron chi connectivity index (χ3n) is 4.58. The molecule has 146 valence electrons. The first-order chi connectivity index (χ1) is 13.5. The van der Waals surface area contributed by atoms with Crippen molar-refractivity contribution in [3.8, 4) is 11.1 Å². The van der Waals surface area contributed by atoms with E-state index in [1.807, 2.05) is 18.2 Å². The second-order valence-electron chi connectivity index (χ2n) is 6.69. The van der Waals surface area contributed by atoms with Crippen molar-refractivity contribution in [1.82, 2.24) is 10.3 Å².